The second kappa shape index (κ2) is 6.07. The highest BCUT2D eigenvalue weighted by atomic mass is 15.3. The van der Waals surface area contributed by atoms with Crippen LogP contribution in [0.25, 0.3) is 0 Å². The molecule has 0 aromatic carbocycles. The largest absolute Gasteiger partial charge is 0.305 e. The summed E-state index contributed by atoms with van der Waals surface area (Å²) in [6, 6.07) is 0. The van der Waals surface area contributed by atoms with Gasteiger partial charge in [0, 0.05) is 6.54 Å². The Balaban J connectivity index is 2.82. The van der Waals surface area contributed by atoms with Crippen molar-refractivity contribution in [2.75, 3.05) is 13.1 Å². The van der Waals surface area contributed by atoms with Gasteiger partial charge < -0.3 is 10.8 Å². The predicted molar refractivity (Wildman–Crippen MR) is 32.9 cm³/mol. The molecule has 8 heavy (non-hydrogen) atoms. The predicted octanol–water partition coefficient (Wildman–Crippen LogP) is 0.403. The van der Waals surface area contributed by atoms with Crippen molar-refractivity contribution in [3.05, 3.63) is 0 Å². The number of hydrogen-bond acceptors (Lipinski definition) is 3. The molecule has 0 radical (unpaired) electrons. The number of nitrogens with zero attached hydrogens (tertiary/aromatic N) is 3. The van der Waals surface area contributed by atoms with Gasteiger partial charge in [-0.2, -0.15) is 5.11 Å². The maximum absolute atomic E-state index is 4.72. The molecule has 0 aliphatic heterocycles. The van der Waals surface area contributed by atoms with Crippen LogP contribution in [0.15, 0.2) is 15.3 Å². The summed E-state index contributed by atoms with van der Waals surface area (Å²) >= 11 is 0. The van der Waals surface area contributed by atoms with Gasteiger partial charge in [0.05, 0.1) is 6.54 Å². The van der Waals surface area contributed by atoms with Crippen LogP contribution in [-0.2, 0) is 0 Å². The van der Waals surface area contributed by atoms with Crippen molar-refractivity contribution in [1.82, 2.24) is 0 Å². The van der Waals surface area contributed by atoms with E-state index in [0.29, 0.717) is 6.54 Å². The van der Waals surface area contributed by atoms with Gasteiger partial charge in [-0.15, -0.1) is 0 Å². The smallest absolute Gasteiger partial charge is 0.0637 e. The van der Waals surface area contributed by atoms with E-state index >= 15 is 0 Å². The van der Waals surface area contributed by atoms with Gasteiger partial charge in [0.2, 0.25) is 0 Å². The second-order valence-corrected chi connectivity index (χ2v) is 1.28. The quantitative estimate of drug-likeness (QED) is 0.186. The van der Waals surface area contributed by atoms with Crippen molar-refractivity contribution >= 4 is 6.72 Å². The van der Waals surface area contributed by atoms with Crippen molar-refractivity contribution in [3.8, 4) is 0 Å². The monoisotopic (exact) mass is 114 g/mol. The average Bonchev–Trinajstić information content (AvgIpc) is 1.81. The summed E-state index contributed by atoms with van der Waals surface area (Å²) in [5, 5.41) is 6.59. The molecule has 0 rings (SSSR count). The topological polar surface area (TPSA) is 63.1 Å². The van der Waals surface area contributed by atoms with Crippen LogP contribution in [0.2, 0.25) is 0 Å². The molecule has 0 atom stereocenters. The zero-order valence-electron chi connectivity index (χ0n) is 4.75. The molecule has 0 saturated carbocycles. The highest BCUT2D eigenvalue weighted by molar-refractivity contribution is 5.22. The van der Waals surface area contributed by atoms with E-state index in [1.807, 2.05) is 0 Å². The summed E-state index contributed by atoms with van der Waals surface area (Å²) in [6.45, 7) is 4.69. The van der Waals surface area contributed by atoms with Crippen molar-refractivity contribution in [2.24, 2.45) is 21.2 Å². The van der Waals surface area contributed by atoms with Gasteiger partial charge in [-0.1, -0.05) is 5.22 Å². The molecule has 0 aromatic rings. The Morgan fingerprint density at radius 2 is 2.12 bits per heavy atom. The molecule has 0 fully saturated rings. The van der Waals surface area contributed by atoms with E-state index in [1.165, 1.54) is 0 Å². The maximum atomic E-state index is 4.72. The minimum Gasteiger partial charge on any atom is -0.305 e. The first-order valence-electron chi connectivity index (χ1n) is 2.41. The third kappa shape index (κ3) is 5.07. The summed E-state index contributed by atoms with van der Waals surface area (Å²) in [5.74, 6) is 4.72. The van der Waals surface area contributed by atoms with Gasteiger partial charge in [0.25, 0.3) is 0 Å². The highest BCUT2D eigenvalue weighted by Gasteiger charge is 1.77. The first kappa shape index (κ1) is 7.07. The lowest BCUT2D eigenvalue weighted by molar-refractivity contribution is 0.793. The summed E-state index contributed by atoms with van der Waals surface area (Å²) < 4.78 is 0. The Labute approximate surface area is 48.5 Å². The minimum absolute atomic E-state index is 0.648. The van der Waals surface area contributed by atoms with Gasteiger partial charge in [-0.3, -0.25) is 0 Å². The van der Waals surface area contributed by atoms with Crippen LogP contribution in [0.5, 0.6) is 0 Å². The first-order valence-corrected chi connectivity index (χ1v) is 2.41. The van der Waals surface area contributed by atoms with Gasteiger partial charge in [0.1, 0.15) is 0 Å². The third-order valence-electron chi connectivity index (χ3n) is 0.656. The lowest BCUT2D eigenvalue weighted by Crippen LogP contribution is -1.85. The molecule has 4 heteroatoms. The van der Waals surface area contributed by atoms with E-state index in [-0.39, 0.29) is 0 Å². The number of hydrogen-bond donors (Lipinski definition) is 1. The zero-order valence-corrected chi connectivity index (χ0v) is 4.75. The molecule has 0 amide bonds. The second-order valence-electron chi connectivity index (χ2n) is 1.28. The zero-order chi connectivity index (χ0) is 6.24. The van der Waals surface area contributed by atoms with Crippen molar-refractivity contribution in [2.45, 2.75) is 6.42 Å². The van der Waals surface area contributed by atoms with Crippen LogP contribution in [0, 0.1) is 0 Å². The SMILES string of the molecule is C=NCCC/N=N\N. The van der Waals surface area contributed by atoms with Crippen molar-refractivity contribution in [3.63, 3.8) is 0 Å². The van der Waals surface area contributed by atoms with Gasteiger partial charge in [0.15, 0.2) is 0 Å². The molecule has 2 N–H and O–H groups in total. The lowest BCUT2D eigenvalue weighted by atomic mass is 10.4. The number of nitrogens with two attached hydrogens (primary N) is 1. The normalized spacial score (nSPS) is 10.0. The molecule has 46 valence electrons. The van der Waals surface area contributed by atoms with E-state index in [4.69, 9.17) is 5.84 Å². The first-order chi connectivity index (χ1) is 3.91. The lowest BCUT2D eigenvalue weighted by Gasteiger charge is -1.84. The van der Waals surface area contributed by atoms with Gasteiger partial charge in [-0.05, 0) is 13.1 Å². The van der Waals surface area contributed by atoms with E-state index in [9.17, 15) is 0 Å². The number of rotatable bonds is 4. The molecular formula is C4H10N4. The van der Waals surface area contributed by atoms with E-state index in [0.717, 1.165) is 13.0 Å². The minimum atomic E-state index is 0.648. The van der Waals surface area contributed by atoms with Gasteiger partial charge in [-0.25, -0.2) is 0 Å². The van der Waals surface area contributed by atoms with Crippen LogP contribution in [-0.4, -0.2) is 19.8 Å². The van der Waals surface area contributed by atoms with E-state index < -0.39 is 0 Å². The Morgan fingerprint density at radius 1 is 1.38 bits per heavy atom. The molecule has 0 bridgehead atoms. The number of aliphatic imine (C=N–C) groups is 1. The van der Waals surface area contributed by atoms with Crippen LogP contribution in [0.1, 0.15) is 6.42 Å². The van der Waals surface area contributed by atoms with Crippen molar-refractivity contribution in [1.29, 1.82) is 0 Å². The Bertz CT molecular complexity index is 78.1. The van der Waals surface area contributed by atoms with Crippen LogP contribution in [0.3, 0.4) is 0 Å². The molecule has 0 aliphatic rings. The van der Waals surface area contributed by atoms with Crippen LogP contribution < -0.4 is 5.84 Å². The van der Waals surface area contributed by atoms with Crippen LogP contribution in [0.4, 0.5) is 0 Å². The Hall–Kier alpha value is -0.930. The van der Waals surface area contributed by atoms with Crippen molar-refractivity contribution < 1.29 is 0 Å². The molecule has 0 aliphatic carbocycles. The van der Waals surface area contributed by atoms with E-state index in [2.05, 4.69) is 22.0 Å². The average molecular weight is 114 g/mol. The van der Waals surface area contributed by atoms with E-state index in [1.54, 1.807) is 0 Å². The summed E-state index contributed by atoms with van der Waals surface area (Å²) in [7, 11) is 0. The standard InChI is InChI=1S/C4H10N4/c1-6-3-2-4-7-8-5/h1-4H2,(H2,5,7). The molecule has 4 nitrogen and oxygen atoms in total. The summed E-state index contributed by atoms with van der Waals surface area (Å²) in [4.78, 5) is 3.62. The molecule has 0 aromatic heterocycles. The Kier molecular flexibility index (Phi) is 5.36. The maximum Gasteiger partial charge on any atom is 0.0637 e. The third-order valence-corrected chi connectivity index (χ3v) is 0.656. The van der Waals surface area contributed by atoms with Gasteiger partial charge >= 0.3 is 0 Å². The fraction of sp³-hybridized carbons (Fsp3) is 0.750. The molecule has 0 heterocycles. The highest BCUT2D eigenvalue weighted by Crippen LogP contribution is 1.80. The fourth-order valence-electron chi connectivity index (χ4n) is 0.311. The molecular weight excluding hydrogens is 104 g/mol. The molecule has 0 spiro atoms. The summed E-state index contributed by atoms with van der Waals surface area (Å²) in [5.41, 5.74) is 0. The molecule has 0 unspecified atom stereocenters. The van der Waals surface area contributed by atoms with Crippen LogP contribution >= 0.6 is 0 Å². The Morgan fingerprint density at radius 3 is 2.62 bits per heavy atom. The fourth-order valence-corrected chi connectivity index (χ4v) is 0.311. The molecule has 0 saturated heterocycles. The summed E-state index contributed by atoms with van der Waals surface area (Å²) in [6.07, 6.45) is 0.879.